The minimum absolute atomic E-state index is 0.131. The summed E-state index contributed by atoms with van der Waals surface area (Å²) in [5, 5.41) is 0. The zero-order valence-corrected chi connectivity index (χ0v) is 9.93. The second-order valence-electron chi connectivity index (χ2n) is 3.84. The molecule has 0 radical (unpaired) electrons. The summed E-state index contributed by atoms with van der Waals surface area (Å²) in [6, 6.07) is 3.19. The zero-order valence-electron chi connectivity index (χ0n) is 9.11. The van der Waals surface area contributed by atoms with Gasteiger partial charge < -0.3 is 4.74 Å². The van der Waals surface area contributed by atoms with Gasteiger partial charge in [0.25, 0.3) is 0 Å². The van der Waals surface area contributed by atoms with Crippen LogP contribution in [0.2, 0.25) is 0 Å². The highest BCUT2D eigenvalue weighted by Gasteiger charge is 2.28. The molecule has 5 heteroatoms. The first-order valence-corrected chi connectivity index (χ1v) is 6.55. The average molecular weight is 240 g/mol. The fourth-order valence-electron chi connectivity index (χ4n) is 1.92. The van der Waals surface area contributed by atoms with E-state index in [-0.39, 0.29) is 10.6 Å². The molecule has 1 aliphatic heterocycles. The summed E-state index contributed by atoms with van der Waals surface area (Å²) in [5.41, 5.74) is 1.87. The summed E-state index contributed by atoms with van der Waals surface area (Å²) < 4.78 is 28.0. The highest BCUT2D eigenvalue weighted by molar-refractivity contribution is 7.91. The molecule has 1 aromatic carbocycles. The molecule has 16 heavy (non-hydrogen) atoms. The Morgan fingerprint density at radius 1 is 1.38 bits per heavy atom. The molecule has 0 aliphatic carbocycles. The maximum Gasteiger partial charge on any atom is 0.338 e. The van der Waals surface area contributed by atoms with Gasteiger partial charge in [-0.15, -0.1) is 0 Å². The second-order valence-corrected chi connectivity index (χ2v) is 5.91. The predicted molar refractivity (Wildman–Crippen MR) is 58.3 cm³/mol. The lowest BCUT2D eigenvalue weighted by Gasteiger charge is -2.06. The van der Waals surface area contributed by atoms with E-state index >= 15 is 0 Å². The van der Waals surface area contributed by atoms with E-state index in [0.29, 0.717) is 12.0 Å². The summed E-state index contributed by atoms with van der Waals surface area (Å²) in [4.78, 5) is 11.7. The lowest BCUT2D eigenvalue weighted by Crippen LogP contribution is -2.06. The highest BCUT2D eigenvalue weighted by Crippen LogP contribution is 2.28. The molecule has 4 nitrogen and oxygen atoms in total. The van der Waals surface area contributed by atoms with Crippen molar-refractivity contribution in [2.45, 2.75) is 18.2 Å². The summed E-state index contributed by atoms with van der Waals surface area (Å²) >= 11 is 0. The van der Waals surface area contributed by atoms with Crippen molar-refractivity contribution in [2.75, 3.05) is 12.9 Å². The number of sulfone groups is 1. The molecule has 0 saturated carbocycles. The van der Waals surface area contributed by atoms with Crippen LogP contribution in [0.1, 0.15) is 21.5 Å². The third kappa shape index (κ3) is 1.61. The van der Waals surface area contributed by atoms with Crippen LogP contribution in [0.25, 0.3) is 0 Å². The van der Waals surface area contributed by atoms with E-state index in [4.69, 9.17) is 0 Å². The minimum Gasteiger partial charge on any atom is -0.465 e. The molecule has 0 atom stereocenters. The first kappa shape index (κ1) is 11.1. The van der Waals surface area contributed by atoms with E-state index in [1.54, 1.807) is 13.0 Å². The quantitative estimate of drug-likeness (QED) is 0.690. The van der Waals surface area contributed by atoms with Gasteiger partial charge in [0.05, 0.1) is 23.3 Å². The molecule has 2 rings (SSSR count). The van der Waals surface area contributed by atoms with Crippen LogP contribution in [0.15, 0.2) is 17.0 Å². The molecule has 0 N–H and O–H groups in total. The molecule has 0 amide bonds. The van der Waals surface area contributed by atoms with Crippen LogP contribution < -0.4 is 0 Å². The van der Waals surface area contributed by atoms with Crippen LogP contribution in [0, 0.1) is 6.92 Å². The standard InChI is InChI=1S/C11H12O4S/c1-7-5-8-3-4-16(13,14)10(8)6-9(7)11(12)15-2/h5-6H,3-4H2,1-2H3. The Morgan fingerprint density at radius 3 is 2.69 bits per heavy atom. The Hall–Kier alpha value is -1.36. The van der Waals surface area contributed by atoms with Crippen LogP contribution in [0.3, 0.4) is 0 Å². The first-order chi connectivity index (χ1) is 7.45. The van der Waals surface area contributed by atoms with E-state index < -0.39 is 15.8 Å². The SMILES string of the molecule is COC(=O)c1cc2c(cc1C)CCS2(=O)=O. The van der Waals surface area contributed by atoms with E-state index in [0.717, 1.165) is 11.1 Å². The van der Waals surface area contributed by atoms with Gasteiger partial charge in [0.2, 0.25) is 0 Å². The Balaban J connectivity index is 2.65. The number of aryl methyl sites for hydroxylation is 2. The average Bonchev–Trinajstić information content (AvgIpc) is 2.52. The summed E-state index contributed by atoms with van der Waals surface area (Å²) in [5.74, 6) is -0.366. The molecule has 1 aliphatic rings. The van der Waals surface area contributed by atoms with Crippen LogP contribution in [0.4, 0.5) is 0 Å². The number of esters is 1. The molecule has 0 unspecified atom stereocenters. The van der Waals surface area contributed by atoms with Crippen LogP contribution in [-0.4, -0.2) is 27.2 Å². The fraction of sp³-hybridized carbons (Fsp3) is 0.364. The first-order valence-electron chi connectivity index (χ1n) is 4.90. The molecule has 1 aromatic rings. The van der Waals surface area contributed by atoms with Crippen molar-refractivity contribution in [3.05, 3.63) is 28.8 Å². The van der Waals surface area contributed by atoms with E-state index in [2.05, 4.69) is 4.74 Å². The smallest absolute Gasteiger partial charge is 0.338 e. The molecule has 0 bridgehead atoms. The number of ether oxygens (including phenoxy) is 1. The van der Waals surface area contributed by atoms with Gasteiger partial charge in [-0.05, 0) is 30.5 Å². The molecule has 0 fully saturated rings. The summed E-state index contributed by atoms with van der Waals surface area (Å²) in [6.07, 6.45) is 0.528. The van der Waals surface area contributed by atoms with Crippen molar-refractivity contribution in [1.29, 1.82) is 0 Å². The third-order valence-electron chi connectivity index (χ3n) is 2.79. The number of methoxy groups -OCH3 is 1. The van der Waals surface area contributed by atoms with Crippen molar-refractivity contribution in [1.82, 2.24) is 0 Å². The van der Waals surface area contributed by atoms with Crippen molar-refractivity contribution < 1.29 is 17.9 Å². The maximum absolute atomic E-state index is 11.7. The Morgan fingerprint density at radius 2 is 2.06 bits per heavy atom. The number of carbonyl (C=O) groups excluding carboxylic acids is 1. The predicted octanol–water partition coefficient (Wildman–Crippen LogP) is 1.11. The Kier molecular flexibility index (Phi) is 2.50. The lowest BCUT2D eigenvalue weighted by atomic mass is 10.0. The largest absolute Gasteiger partial charge is 0.465 e. The number of hydrogen-bond donors (Lipinski definition) is 0. The monoisotopic (exact) mass is 240 g/mol. The number of fused-ring (bicyclic) bond motifs is 1. The van der Waals surface area contributed by atoms with Crippen molar-refractivity contribution >= 4 is 15.8 Å². The van der Waals surface area contributed by atoms with Gasteiger partial charge in [-0.25, -0.2) is 13.2 Å². The van der Waals surface area contributed by atoms with Crippen molar-refractivity contribution in [2.24, 2.45) is 0 Å². The van der Waals surface area contributed by atoms with Crippen LogP contribution >= 0.6 is 0 Å². The van der Waals surface area contributed by atoms with Crippen molar-refractivity contribution in [3.8, 4) is 0 Å². The van der Waals surface area contributed by atoms with Gasteiger partial charge in [-0.2, -0.15) is 0 Å². The zero-order chi connectivity index (χ0) is 11.9. The maximum atomic E-state index is 11.7. The number of carbonyl (C=O) groups is 1. The molecule has 0 saturated heterocycles. The molecular formula is C11H12O4S. The lowest BCUT2D eigenvalue weighted by molar-refractivity contribution is 0.0599. The Labute approximate surface area is 94.2 Å². The number of benzene rings is 1. The highest BCUT2D eigenvalue weighted by atomic mass is 32.2. The Bertz CT molecular complexity index is 558. The van der Waals surface area contributed by atoms with E-state index in [1.807, 2.05) is 0 Å². The molecule has 86 valence electrons. The van der Waals surface area contributed by atoms with E-state index in [1.165, 1.54) is 13.2 Å². The van der Waals surface area contributed by atoms with Gasteiger partial charge in [0, 0.05) is 0 Å². The summed E-state index contributed by atoms with van der Waals surface area (Å²) in [6.45, 7) is 1.78. The molecular weight excluding hydrogens is 228 g/mol. The topological polar surface area (TPSA) is 60.4 Å². The molecule has 1 heterocycles. The second kappa shape index (κ2) is 3.59. The van der Waals surface area contributed by atoms with Gasteiger partial charge in [0.15, 0.2) is 9.84 Å². The van der Waals surface area contributed by atoms with Crippen LogP contribution in [0.5, 0.6) is 0 Å². The minimum atomic E-state index is -3.19. The van der Waals surface area contributed by atoms with Gasteiger partial charge in [-0.1, -0.05) is 6.07 Å². The van der Waals surface area contributed by atoms with E-state index in [9.17, 15) is 13.2 Å². The normalized spacial score (nSPS) is 16.9. The molecule has 0 aromatic heterocycles. The summed E-state index contributed by atoms with van der Waals surface area (Å²) in [7, 11) is -1.91. The fourth-order valence-corrected chi connectivity index (χ4v) is 3.48. The number of rotatable bonds is 1. The molecule has 0 spiro atoms. The van der Waals surface area contributed by atoms with Gasteiger partial charge >= 0.3 is 5.97 Å². The number of hydrogen-bond acceptors (Lipinski definition) is 4. The van der Waals surface area contributed by atoms with Crippen LogP contribution in [-0.2, 0) is 21.0 Å². The van der Waals surface area contributed by atoms with Crippen molar-refractivity contribution in [3.63, 3.8) is 0 Å². The third-order valence-corrected chi connectivity index (χ3v) is 4.58. The van der Waals surface area contributed by atoms with Gasteiger partial charge in [0.1, 0.15) is 0 Å². The van der Waals surface area contributed by atoms with Gasteiger partial charge in [-0.3, -0.25) is 0 Å².